The lowest BCUT2D eigenvalue weighted by Gasteiger charge is -2.16. The summed E-state index contributed by atoms with van der Waals surface area (Å²) in [6.07, 6.45) is 6.86. The van der Waals surface area contributed by atoms with E-state index >= 15 is 0 Å². The van der Waals surface area contributed by atoms with Gasteiger partial charge in [-0.15, -0.1) is 0 Å². The fraction of sp³-hybridized carbons (Fsp3) is 0.320. The molecule has 7 nitrogen and oxygen atoms in total. The van der Waals surface area contributed by atoms with Crippen LogP contribution in [0.3, 0.4) is 0 Å². The largest absolute Gasteiger partial charge is 0.480 e. The molecule has 3 N–H and O–H groups in total. The summed E-state index contributed by atoms with van der Waals surface area (Å²) in [6.45, 7) is 0. The highest BCUT2D eigenvalue weighted by molar-refractivity contribution is 7.89. The standard InChI is InChI=1S/C25H26N2O5S/c28-25(29)20(11-5-7-16-15-26-19-10-3-1-8-17(16)19)27-33(30,31)23-14-6-13-22-24(23)18-9-2-4-12-21(18)32-22/h1,3,6,8,10,13-15,20,26-27H,2,4-5,7,9,11-12H2,(H,28,29)/t20-/m0/s1. The van der Waals surface area contributed by atoms with E-state index < -0.39 is 22.0 Å². The number of H-pyrrole nitrogens is 1. The molecular formula is C25H26N2O5S. The number of benzene rings is 2. The number of aliphatic carboxylic acids is 1. The van der Waals surface area contributed by atoms with Crippen molar-refractivity contribution < 1.29 is 22.7 Å². The molecule has 8 heteroatoms. The van der Waals surface area contributed by atoms with Gasteiger partial charge in [-0.3, -0.25) is 4.79 Å². The Kier molecular flexibility index (Phi) is 5.72. The number of nitrogens with one attached hydrogen (secondary N) is 2. The van der Waals surface area contributed by atoms with Gasteiger partial charge in [-0.2, -0.15) is 4.72 Å². The number of aromatic amines is 1. The number of carboxylic acids is 1. The fourth-order valence-corrected chi connectivity index (χ4v) is 6.29. The smallest absolute Gasteiger partial charge is 0.321 e. The third-order valence-electron chi connectivity index (χ3n) is 6.44. The molecule has 172 valence electrons. The van der Waals surface area contributed by atoms with E-state index in [0.29, 0.717) is 23.8 Å². The van der Waals surface area contributed by atoms with Gasteiger partial charge in [0.15, 0.2) is 0 Å². The van der Waals surface area contributed by atoms with Gasteiger partial charge in [-0.1, -0.05) is 24.3 Å². The van der Waals surface area contributed by atoms with Gasteiger partial charge in [0.1, 0.15) is 17.4 Å². The summed E-state index contributed by atoms with van der Waals surface area (Å²) in [5.74, 6) is -0.341. The third-order valence-corrected chi connectivity index (χ3v) is 7.95. The number of hydrogen-bond acceptors (Lipinski definition) is 4. The Morgan fingerprint density at radius 2 is 1.94 bits per heavy atom. The van der Waals surface area contributed by atoms with Crippen molar-refractivity contribution in [1.82, 2.24) is 9.71 Å². The normalized spacial score (nSPS) is 15.0. The number of aromatic nitrogens is 1. The van der Waals surface area contributed by atoms with Gasteiger partial charge in [0.25, 0.3) is 0 Å². The lowest BCUT2D eigenvalue weighted by Crippen LogP contribution is -2.40. The third kappa shape index (κ3) is 4.16. The van der Waals surface area contributed by atoms with Crippen LogP contribution < -0.4 is 4.72 Å². The zero-order valence-corrected chi connectivity index (χ0v) is 19.0. The molecule has 1 atom stereocenters. The predicted octanol–water partition coefficient (Wildman–Crippen LogP) is 4.55. The number of hydrogen-bond donors (Lipinski definition) is 3. The molecule has 5 rings (SSSR count). The topological polar surface area (TPSA) is 112 Å². The molecule has 0 saturated carbocycles. The molecule has 0 spiro atoms. The Bertz CT molecular complexity index is 1430. The molecule has 0 aliphatic heterocycles. The maximum atomic E-state index is 13.3. The second-order valence-electron chi connectivity index (χ2n) is 8.60. The number of furan rings is 1. The Hall–Kier alpha value is -3.10. The molecule has 0 unspecified atom stereocenters. The van der Waals surface area contributed by atoms with Crippen molar-refractivity contribution in [3.63, 3.8) is 0 Å². The minimum Gasteiger partial charge on any atom is -0.480 e. The zero-order chi connectivity index (χ0) is 23.0. The number of para-hydroxylation sites is 1. The number of aryl methyl sites for hydroxylation is 3. The van der Waals surface area contributed by atoms with E-state index in [-0.39, 0.29) is 11.3 Å². The van der Waals surface area contributed by atoms with Gasteiger partial charge >= 0.3 is 5.97 Å². The molecule has 0 saturated heterocycles. The molecule has 0 radical (unpaired) electrons. The van der Waals surface area contributed by atoms with Gasteiger partial charge in [0, 0.05) is 34.5 Å². The van der Waals surface area contributed by atoms with Crippen molar-refractivity contribution in [2.45, 2.75) is 55.9 Å². The highest BCUT2D eigenvalue weighted by Crippen LogP contribution is 2.35. The van der Waals surface area contributed by atoms with Crippen molar-refractivity contribution in [3.05, 3.63) is 65.5 Å². The van der Waals surface area contributed by atoms with Crippen molar-refractivity contribution >= 4 is 37.9 Å². The molecule has 2 aromatic heterocycles. The molecule has 4 aromatic rings. The fourth-order valence-electron chi connectivity index (χ4n) is 4.82. The summed E-state index contributed by atoms with van der Waals surface area (Å²) in [6, 6.07) is 11.6. The summed E-state index contributed by atoms with van der Waals surface area (Å²) in [5, 5.41) is 11.4. The molecule has 0 bridgehead atoms. The second kappa shape index (κ2) is 8.68. The van der Waals surface area contributed by atoms with E-state index in [1.807, 2.05) is 30.5 Å². The molecular weight excluding hydrogens is 440 g/mol. The first-order valence-corrected chi connectivity index (χ1v) is 12.8. The Labute approximate surface area is 191 Å². The summed E-state index contributed by atoms with van der Waals surface area (Å²) < 4.78 is 34.9. The first-order valence-electron chi connectivity index (χ1n) is 11.3. The van der Waals surface area contributed by atoms with E-state index in [9.17, 15) is 18.3 Å². The number of sulfonamides is 1. The van der Waals surface area contributed by atoms with Crippen LogP contribution in [0.1, 0.15) is 42.6 Å². The van der Waals surface area contributed by atoms with Gasteiger partial charge in [-0.05, 0) is 62.3 Å². The van der Waals surface area contributed by atoms with Crippen molar-refractivity contribution in [3.8, 4) is 0 Å². The maximum Gasteiger partial charge on any atom is 0.321 e. The summed E-state index contributed by atoms with van der Waals surface area (Å²) >= 11 is 0. The summed E-state index contributed by atoms with van der Waals surface area (Å²) in [5.41, 5.74) is 3.59. The first-order chi connectivity index (χ1) is 15.9. The minimum atomic E-state index is -4.05. The lowest BCUT2D eigenvalue weighted by atomic mass is 9.96. The highest BCUT2D eigenvalue weighted by atomic mass is 32.2. The van der Waals surface area contributed by atoms with Crippen LogP contribution in [0, 0.1) is 0 Å². The molecule has 33 heavy (non-hydrogen) atoms. The first kappa shape index (κ1) is 21.7. The molecule has 2 aromatic carbocycles. The van der Waals surface area contributed by atoms with Crippen LogP contribution in [0.25, 0.3) is 21.9 Å². The van der Waals surface area contributed by atoms with Gasteiger partial charge in [0.2, 0.25) is 10.0 Å². The van der Waals surface area contributed by atoms with Crippen molar-refractivity contribution in [2.24, 2.45) is 0 Å². The van der Waals surface area contributed by atoms with Crippen LogP contribution in [0.15, 0.2) is 58.0 Å². The SMILES string of the molecule is O=C(O)[C@H](CCCc1c[nH]c2ccccc12)NS(=O)(=O)c1cccc2oc3c(c12)CCCC3. The van der Waals surface area contributed by atoms with E-state index in [1.54, 1.807) is 12.1 Å². The van der Waals surface area contributed by atoms with Crippen LogP contribution in [0.5, 0.6) is 0 Å². The maximum absolute atomic E-state index is 13.3. The zero-order valence-electron chi connectivity index (χ0n) is 18.1. The van der Waals surface area contributed by atoms with Crippen LogP contribution in [0.2, 0.25) is 0 Å². The highest BCUT2D eigenvalue weighted by Gasteiger charge is 2.29. The van der Waals surface area contributed by atoms with E-state index in [0.717, 1.165) is 53.5 Å². The average Bonchev–Trinajstić information content (AvgIpc) is 3.39. The van der Waals surface area contributed by atoms with Crippen LogP contribution in [0.4, 0.5) is 0 Å². The Balaban J connectivity index is 1.36. The number of carboxylic acid groups (broad SMARTS) is 1. The van der Waals surface area contributed by atoms with Crippen LogP contribution in [-0.4, -0.2) is 30.5 Å². The monoisotopic (exact) mass is 466 g/mol. The van der Waals surface area contributed by atoms with Gasteiger partial charge < -0.3 is 14.5 Å². The van der Waals surface area contributed by atoms with E-state index in [4.69, 9.17) is 4.42 Å². The predicted molar refractivity (Wildman–Crippen MR) is 126 cm³/mol. The van der Waals surface area contributed by atoms with Crippen molar-refractivity contribution in [1.29, 1.82) is 0 Å². The van der Waals surface area contributed by atoms with Crippen LogP contribution in [-0.2, 0) is 34.1 Å². The summed E-state index contributed by atoms with van der Waals surface area (Å²) in [4.78, 5) is 15.2. The Morgan fingerprint density at radius 3 is 2.79 bits per heavy atom. The summed E-state index contributed by atoms with van der Waals surface area (Å²) in [7, 11) is -4.05. The van der Waals surface area contributed by atoms with Crippen LogP contribution >= 0.6 is 0 Å². The van der Waals surface area contributed by atoms with Gasteiger partial charge in [0.05, 0.1) is 4.90 Å². The lowest BCUT2D eigenvalue weighted by molar-refractivity contribution is -0.139. The average molecular weight is 467 g/mol. The van der Waals surface area contributed by atoms with Gasteiger partial charge in [-0.25, -0.2) is 8.42 Å². The number of carbonyl (C=O) groups is 1. The minimum absolute atomic E-state index is 0.0924. The van der Waals surface area contributed by atoms with Crippen molar-refractivity contribution in [2.75, 3.05) is 0 Å². The second-order valence-corrected chi connectivity index (χ2v) is 10.3. The number of rotatable bonds is 8. The quantitative estimate of drug-likeness (QED) is 0.353. The molecule has 2 heterocycles. The molecule has 0 fully saturated rings. The molecule has 0 amide bonds. The van der Waals surface area contributed by atoms with E-state index in [2.05, 4.69) is 9.71 Å². The van der Waals surface area contributed by atoms with E-state index in [1.165, 1.54) is 6.07 Å². The number of fused-ring (bicyclic) bond motifs is 4. The molecule has 1 aliphatic carbocycles. The Morgan fingerprint density at radius 1 is 1.12 bits per heavy atom. The molecule has 1 aliphatic rings.